The fraction of sp³-hybridized carbons (Fsp3) is 0.947. The van der Waals surface area contributed by atoms with E-state index in [9.17, 15) is 19.8 Å². The highest BCUT2D eigenvalue weighted by Gasteiger charge is 2.18. The maximum atomic E-state index is 12.5. The highest BCUT2D eigenvalue weighted by molar-refractivity contribution is 5.76. The molecule has 1 amide bonds. The second kappa shape index (κ2) is 72.1. The van der Waals surface area contributed by atoms with E-state index in [1.165, 1.54) is 372 Å². The van der Waals surface area contributed by atoms with Gasteiger partial charge in [-0.1, -0.05) is 405 Å². The van der Waals surface area contributed by atoms with Crippen LogP contribution in [0, 0.1) is 0 Å². The number of carbonyl (C=O) groups excluding carboxylic acids is 2. The summed E-state index contributed by atoms with van der Waals surface area (Å²) in [6, 6.07) is -0.624. The number of esters is 1. The first-order valence-corrected chi connectivity index (χ1v) is 38.0. The molecular formula is C76H149NO5. The molecule has 488 valence electrons. The Bertz CT molecular complexity index is 1240. The lowest BCUT2D eigenvalue weighted by atomic mass is 10.0. The zero-order valence-corrected chi connectivity index (χ0v) is 56.0. The molecule has 0 aromatic carbocycles. The predicted molar refractivity (Wildman–Crippen MR) is 361 cm³/mol. The van der Waals surface area contributed by atoms with Crippen molar-refractivity contribution in [3.05, 3.63) is 12.2 Å². The van der Waals surface area contributed by atoms with Crippen LogP contribution in [0.4, 0.5) is 0 Å². The van der Waals surface area contributed by atoms with Crippen LogP contribution in [0.15, 0.2) is 12.2 Å². The van der Waals surface area contributed by atoms with Crippen molar-refractivity contribution in [1.82, 2.24) is 5.32 Å². The van der Waals surface area contributed by atoms with Gasteiger partial charge in [0, 0.05) is 12.8 Å². The Morgan fingerprint density at radius 1 is 0.329 bits per heavy atom. The van der Waals surface area contributed by atoms with Crippen LogP contribution in [0.1, 0.15) is 438 Å². The Hall–Kier alpha value is -1.40. The molecule has 0 spiro atoms. The Morgan fingerprint density at radius 3 is 0.829 bits per heavy atom. The van der Waals surface area contributed by atoms with Crippen molar-refractivity contribution in [2.45, 2.75) is 450 Å². The highest BCUT2D eigenvalue weighted by atomic mass is 16.5. The van der Waals surface area contributed by atoms with E-state index in [4.69, 9.17) is 4.74 Å². The summed E-state index contributed by atoms with van der Waals surface area (Å²) in [4.78, 5) is 24.6. The molecule has 0 bridgehead atoms. The number of aliphatic hydroxyl groups is 2. The van der Waals surface area contributed by atoms with Crippen LogP contribution in [0.25, 0.3) is 0 Å². The summed E-state index contributed by atoms with van der Waals surface area (Å²) in [5.74, 6) is -0.0346. The monoisotopic (exact) mass is 1160 g/mol. The fourth-order valence-electron chi connectivity index (χ4n) is 12.3. The van der Waals surface area contributed by atoms with Crippen molar-refractivity contribution in [2.75, 3.05) is 13.2 Å². The molecule has 0 aromatic heterocycles. The van der Waals surface area contributed by atoms with Gasteiger partial charge in [0.25, 0.3) is 0 Å². The molecule has 0 saturated carbocycles. The largest absolute Gasteiger partial charge is 0.466 e. The second-order valence-electron chi connectivity index (χ2n) is 26.4. The van der Waals surface area contributed by atoms with E-state index in [0.29, 0.717) is 19.4 Å². The van der Waals surface area contributed by atoms with E-state index >= 15 is 0 Å². The first kappa shape index (κ1) is 80.6. The van der Waals surface area contributed by atoms with Crippen molar-refractivity contribution in [3.8, 4) is 0 Å². The Balaban J connectivity index is 3.33. The Labute approximate surface area is 514 Å². The molecule has 0 heterocycles. The van der Waals surface area contributed by atoms with Gasteiger partial charge < -0.3 is 20.3 Å². The molecule has 0 aromatic rings. The smallest absolute Gasteiger partial charge is 0.305 e. The standard InChI is InChI=1S/C76H149NO5/c1-3-5-7-9-11-13-15-17-18-19-35-38-41-45-48-52-56-60-64-68-74(79)73(72-78)77-75(80)69-65-61-57-53-49-46-42-39-36-33-31-29-27-25-23-21-20-22-24-26-28-30-32-34-37-40-43-47-51-55-59-63-67-71-82-76(81)70-66-62-58-54-50-44-16-14-12-10-8-6-4-2/h64,68,73-74,78-79H,3-63,65-67,69-72H2,1-2H3,(H,77,80)/b68-64+. The molecule has 2 atom stereocenters. The third-order valence-electron chi connectivity index (χ3n) is 18.1. The molecule has 82 heavy (non-hydrogen) atoms. The first-order valence-electron chi connectivity index (χ1n) is 38.0. The minimum absolute atomic E-state index is 0.0240. The normalized spacial score (nSPS) is 12.5. The van der Waals surface area contributed by atoms with Crippen molar-refractivity contribution in [2.24, 2.45) is 0 Å². The SMILES string of the molecule is CCCCCCCCCCCCCCCCCCC/C=C/C(O)C(CO)NC(=O)CCCCCCCCCCCCCCCCCCCCCCCCCCCCCCCCCCCOC(=O)CCCCCCCCCCCCCCC. The van der Waals surface area contributed by atoms with Gasteiger partial charge in [0.05, 0.1) is 25.4 Å². The molecule has 6 heteroatoms. The van der Waals surface area contributed by atoms with Crippen LogP contribution in [-0.2, 0) is 14.3 Å². The summed E-state index contributed by atoms with van der Waals surface area (Å²) in [5, 5.41) is 23.3. The van der Waals surface area contributed by atoms with Gasteiger partial charge in [-0.05, 0) is 32.1 Å². The quantitative estimate of drug-likeness (QED) is 0.0320. The van der Waals surface area contributed by atoms with E-state index in [0.717, 1.165) is 38.5 Å². The van der Waals surface area contributed by atoms with Crippen molar-refractivity contribution in [3.63, 3.8) is 0 Å². The number of rotatable bonds is 72. The number of amides is 1. The maximum Gasteiger partial charge on any atom is 0.305 e. The zero-order valence-electron chi connectivity index (χ0n) is 56.0. The van der Waals surface area contributed by atoms with Crippen LogP contribution >= 0.6 is 0 Å². The van der Waals surface area contributed by atoms with Gasteiger partial charge in [0.1, 0.15) is 0 Å². The van der Waals surface area contributed by atoms with Crippen LogP contribution in [0.5, 0.6) is 0 Å². The van der Waals surface area contributed by atoms with Gasteiger partial charge in [0.2, 0.25) is 5.91 Å². The minimum Gasteiger partial charge on any atom is -0.466 e. The van der Waals surface area contributed by atoms with Crippen LogP contribution < -0.4 is 5.32 Å². The molecule has 0 aliphatic carbocycles. The second-order valence-corrected chi connectivity index (χ2v) is 26.4. The average Bonchev–Trinajstić information content (AvgIpc) is 3.48. The summed E-state index contributed by atoms with van der Waals surface area (Å²) in [5.41, 5.74) is 0. The molecular weight excluding hydrogens is 1010 g/mol. The number of carbonyl (C=O) groups is 2. The molecule has 0 fully saturated rings. The average molecular weight is 1160 g/mol. The van der Waals surface area contributed by atoms with E-state index in [2.05, 4.69) is 19.2 Å². The van der Waals surface area contributed by atoms with E-state index in [1.807, 2.05) is 6.08 Å². The molecule has 2 unspecified atom stereocenters. The molecule has 0 aliphatic heterocycles. The predicted octanol–water partition coefficient (Wildman–Crippen LogP) is 24.7. The minimum atomic E-state index is -0.841. The number of unbranched alkanes of at least 4 members (excludes halogenated alkanes) is 61. The van der Waals surface area contributed by atoms with Crippen molar-refractivity contribution in [1.29, 1.82) is 0 Å². The number of hydrogen-bond donors (Lipinski definition) is 3. The van der Waals surface area contributed by atoms with Gasteiger partial charge in [-0.3, -0.25) is 9.59 Å². The summed E-state index contributed by atoms with van der Waals surface area (Å²) in [6.07, 6.45) is 90.4. The number of nitrogens with one attached hydrogen (secondary N) is 1. The lowest BCUT2D eigenvalue weighted by molar-refractivity contribution is -0.143. The summed E-state index contributed by atoms with van der Waals surface area (Å²) < 4.78 is 5.50. The lowest BCUT2D eigenvalue weighted by Crippen LogP contribution is -2.45. The van der Waals surface area contributed by atoms with Crippen LogP contribution in [-0.4, -0.2) is 47.4 Å². The van der Waals surface area contributed by atoms with Crippen molar-refractivity contribution >= 4 is 11.9 Å². The molecule has 3 N–H and O–H groups in total. The molecule has 0 radical (unpaired) electrons. The molecule has 0 aliphatic rings. The number of allylic oxidation sites excluding steroid dienone is 1. The van der Waals surface area contributed by atoms with Gasteiger partial charge >= 0.3 is 5.97 Å². The fourth-order valence-corrected chi connectivity index (χ4v) is 12.3. The first-order chi connectivity index (χ1) is 40.5. The third kappa shape index (κ3) is 67.7. The Morgan fingerprint density at radius 2 is 0.561 bits per heavy atom. The summed E-state index contributed by atoms with van der Waals surface area (Å²) in [6.45, 7) is 4.96. The van der Waals surface area contributed by atoms with Crippen LogP contribution in [0.3, 0.4) is 0 Å². The van der Waals surface area contributed by atoms with Crippen molar-refractivity contribution < 1.29 is 24.5 Å². The number of aliphatic hydroxyl groups excluding tert-OH is 2. The number of hydrogen-bond acceptors (Lipinski definition) is 5. The number of ether oxygens (including phenoxy) is 1. The van der Waals surface area contributed by atoms with E-state index in [1.54, 1.807) is 6.08 Å². The highest BCUT2D eigenvalue weighted by Crippen LogP contribution is 2.20. The topological polar surface area (TPSA) is 95.9 Å². The van der Waals surface area contributed by atoms with E-state index in [-0.39, 0.29) is 18.5 Å². The van der Waals surface area contributed by atoms with Crippen LogP contribution in [0.2, 0.25) is 0 Å². The third-order valence-corrected chi connectivity index (χ3v) is 18.1. The van der Waals surface area contributed by atoms with Gasteiger partial charge in [-0.25, -0.2) is 0 Å². The zero-order chi connectivity index (χ0) is 59.2. The summed E-state index contributed by atoms with van der Waals surface area (Å²) >= 11 is 0. The maximum absolute atomic E-state index is 12.5. The molecule has 0 rings (SSSR count). The Kier molecular flexibility index (Phi) is 70.8. The van der Waals surface area contributed by atoms with Gasteiger partial charge in [0.15, 0.2) is 0 Å². The molecule has 0 saturated heterocycles. The lowest BCUT2D eigenvalue weighted by Gasteiger charge is -2.20. The molecule has 6 nitrogen and oxygen atoms in total. The summed E-state index contributed by atoms with van der Waals surface area (Å²) in [7, 11) is 0. The van der Waals surface area contributed by atoms with Gasteiger partial charge in [-0.2, -0.15) is 0 Å². The van der Waals surface area contributed by atoms with Gasteiger partial charge in [-0.15, -0.1) is 0 Å². The van der Waals surface area contributed by atoms with E-state index < -0.39 is 12.1 Å².